The normalized spacial score (nSPS) is 18.1. The molecule has 0 aromatic heterocycles. The van der Waals surface area contributed by atoms with Crippen LogP contribution in [0, 0.1) is 0 Å². The summed E-state index contributed by atoms with van der Waals surface area (Å²) < 4.78 is 21.2. The van der Waals surface area contributed by atoms with Gasteiger partial charge in [-0.2, -0.15) is 0 Å². The molecule has 2 aromatic rings. The number of aliphatic carboxylic acids is 1. The molecule has 0 aliphatic carbocycles. The number of fused-ring (bicyclic) bond motifs is 1. The second kappa shape index (κ2) is 7.90. The molecule has 0 saturated carbocycles. The summed E-state index contributed by atoms with van der Waals surface area (Å²) in [5.41, 5.74) is 1.26. The molecule has 8 nitrogen and oxygen atoms in total. The monoisotopic (exact) mass is 401 g/mol. The summed E-state index contributed by atoms with van der Waals surface area (Å²) in [6.07, 6.45) is 0. The van der Waals surface area contributed by atoms with Crippen LogP contribution in [0.1, 0.15) is 33.4 Å². The summed E-state index contributed by atoms with van der Waals surface area (Å²) >= 11 is 0. The Hall–Kier alpha value is -3.42. The third-order valence-corrected chi connectivity index (χ3v) is 5.19. The Kier molecular flexibility index (Phi) is 5.54. The minimum Gasteiger partial charge on any atom is -0.493 e. The van der Waals surface area contributed by atoms with Crippen LogP contribution in [-0.4, -0.2) is 57.4 Å². The van der Waals surface area contributed by atoms with Crippen molar-refractivity contribution in [3.8, 4) is 23.0 Å². The Balaban J connectivity index is 2.22. The second-order valence-electron chi connectivity index (χ2n) is 6.59. The summed E-state index contributed by atoms with van der Waals surface area (Å²) in [7, 11) is 7.52. The minimum atomic E-state index is -1.06. The van der Waals surface area contributed by atoms with Gasteiger partial charge in [0.25, 0.3) is 5.91 Å². The van der Waals surface area contributed by atoms with Gasteiger partial charge in [0.15, 0.2) is 23.0 Å². The topological polar surface area (TPSA) is 94.5 Å². The van der Waals surface area contributed by atoms with E-state index < -0.39 is 17.9 Å². The van der Waals surface area contributed by atoms with E-state index in [-0.39, 0.29) is 11.5 Å². The van der Waals surface area contributed by atoms with Crippen LogP contribution in [0.4, 0.5) is 0 Å². The third-order valence-electron chi connectivity index (χ3n) is 5.19. The third kappa shape index (κ3) is 3.30. The van der Waals surface area contributed by atoms with Crippen LogP contribution in [0.25, 0.3) is 0 Å². The maximum atomic E-state index is 13.1. The van der Waals surface area contributed by atoms with E-state index in [1.165, 1.54) is 39.4 Å². The molecular formula is C21H23NO7. The van der Waals surface area contributed by atoms with Gasteiger partial charge in [0, 0.05) is 12.6 Å². The van der Waals surface area contributed by atoms with Crippen molar-refractivity contribution in [3.05, 3.63) is 47.0 Å². The Labute approximate surface area is 168 Å². The number of carboxylic acid groups (broad SMARTS) is 1. The van der Waals surface area contributed by atoms with E-state index in [4.69, 9.17) is 18.9 Å². The quantitative estimate of drug-likeness (QED) is 0.795. The molecule has 0 radical (unpaired) electrons. The average molecular weight is 401 g/mol. The van der Waals surface area contributed by atoms with Gasteiger partial charge in [0.2, 0.25) is 0 Å². The van der Waals surface area contributed by atoms with Crippen LogP contribution >= 0.6 is 0 Å². The number of benzene rings is 2. The fourth-order valence-corrected chi connectivity index (χ4v) is 3.77. The fourth-order valence-electron chi connectivity index (χ4n) is 3.77. The van der Waals surface area contributed by atoms with Crippen molar-refractivity contribution in [2.75, 3.05) is 35.5 Å². The van der Waals surface area contributed by atoms with Gasteiger partial charge in [-0.1, -0.05) is 6.07 Å². The predicted octanol–water partition coefficient (Wildman–Crippen LogP) is 2.72. The molecule has 1 aliphatic rings. The van der Waals surface area contributed by atoms with E-state index in [1.54, 1.807) is 31.3 Å². The highest BCUT2D eigenvalue weighted by Crippen LogP contribution is 2.46. The van der Waals surface area contributed by atoms with Gasteiger partial charge in [-0.3, -0.25) is 9.59 Å². The molecule has 0 spiro atoms. The molecular weight excluding hydrogens is 378 g/mol. The number of methoxy groups -OCH3 is 4. The maximum Gasteiger partial charge on any atom is 0.313 e. The fraction of sp³-hybridized carbons (Fsp3) is 0.333. The zero-order chi connectivity index (χ0) is 21.3. The number of ether oxygens (including phenoxy) is 4. The van der Waals surface area contributed by atoms with Crippen molar-refractivity contribution < 1.29 is 33.6 Å². The molecule has 0 fully saturated rings. The van der Waals surface area contributed by atoms with Crippen LogP contribution in [0.2, 0.25) is 0 Å². The van der Waals surface area contributed by atoms with Crippen molar-refractivity contribution in [2.45, 2.75) is 12.0 Å². The molecule has 0 unspecified atom stereocenters. The number of hydrogen-bond acceptors (Lipinski definition) is 6. The molecule has 1 N–H and O–H groups in total. The molecule has 1 aliphatic heterocycles. The van der Waals surface area contributed by atoms with Crippen LogP contribution in [0.5, 0.6) is 23.0 Å². The standard InChI is InChI=1S/C21H23NO7/c1-22-19(11-6-7-14(26-2)15(8-11)27-3)18(21(24)25)12-9-16(28-4)17(29-5)10-13(12)20(22)23/h6-10,18-19H,1-5H3,(H,24,25)/t18-,19+/m1/s1. The summed E-state index contributed by atoms with van der Waals surface area (Å²) in [4.78, 5) is 26.8. The van der Waals surface area contributed by atoms with E-state index in [9.17, 15) is 14.7 Å². The van der Waals surface area contributed by atoms with Crippen LogP contribution < -0.4 is 18.9 Å². The number of nitrogens with zero attached hydrogens (tertiary/aromatic N) is 1. The number of carbonyl (C=O) groups excluding carboxylic acids is 1. The molecule has 154 valence electrons. The van der Waals surface area contributed by atoms with Gasteiger partial charge in [-0.05, 0) is 35.4 Å². The van der Waals surface area contributed by atoms with Crippen molar-refractivity contribution in [1.82, 2.24) is 4.90 Å². The van der Waals surface area contributed by atoms with Crippen molar-refractivity contribution in [3.63, 3.8) is 0 Å². The van der Waals surface area contributed by atoms with Gasteiger partial charge >= 0.3 is 5.97 Å². The molecule has 2 atom stereocenters. The largest absolute Gasteiger partial charge is 0.493 e. The van der Waals surface area contributed by atoms with Gasteiger partial charge < -0.3 is 29.0 Å². The number of carbonyl (C=O) groups is 2. The zero-order valence-electron chi connectivity index (χ0n) is 16.9. The first kappa shape index (κ1) is 20.3. The average Bonchev–Trinajstić information content (AvgIpc) is 2.74. The summed E-state index contributed by atoms with van der Waals surface area (Å²) in [5, 5.41) is 10.1. The predicted molar refractivity (Wildman–Crippen MR) is 104 cm³/mol. The lowest BCUT2D eigenvalue weighted by Crippen LogP contribution is -2.42. The Morgan fingerprint density at radius 2 is 1.45 bits per heavy atom. The highest BCUT2D eigenvalue weighted by atomic mass is 16.5. The number of hydrogen-bond donors (Lipinski definition) is 1. The molecule has 8 heteroatoms. The van der Waals surface area contributed by atoms with E-state index in [2.05, 4.69) is 0 Å². The van der Waals surface area contributed by atoms with Crippen molar-refractivity contribution >= 4 is 11.9 Å². The Morgan fingerprint density at radius 1 is 0.897 bits per heavy atom. The highest BCUT2D eigenvalue weighted by molar-refractivity contribution is 6.01. The number of likely N-dealkylation sites (N-methyl/N-ethyl adjacent to an activating group) is 1. The first-order valence-electron chi connectivity index (χ1n) is 8.85. The van der Waals surface area contributed by atoms with Gasteiger partial charge in [-0.15, -0.1) is 0 Å². The lowest BCUT2D eigenvalue weighted by Gasteiger charge is -2.39. The molecule has 1 amide bonds. The lowest BCUT2D eigenvalue weighted by molar-refractivity contribution is -0.140. The zero-order valence-corrected chi connectivity index (χ0v) is 16.9. The highest BCUT2D eigenvalue weighted by Gasteiger charge is 2.44. The Bertz CT molecular complexity index is 956. The van der Waals surface area contributed by atoms with Crippen molar-refractivity contribution in [1.29, 1.82) is 0 Å². The molecule has 2 aromatic carbocycles. The smallest absolute Gasteiger partial charge is 0.313 e. The van der Waals surface area contributed by atoms with E-state index in [0.717, 1.165) is 0 Å². The lowest BCUT2D eigenvalue weighted by atomic mass is 9.79. The molecule has 0 bridgehead atoms. The second-order valence-corrected chi connectivity index (χ2v) is 6.59. The van der Waals surface area contributed by atoms with E-state index in [1.807, 2.05) is 0 Å². The van der Waals surface area contributed by atoms with Crippen LogP contribution in [-0.2, 0) is 4.79 Å². The van der Waals surface area contributed by atoms with Gasteiger partial charge in [0.1, 0.15) is 5.92 Å². The van der Waals surface area contributed by atoms with Crippen molar-refractivity contribution in [2.24, 2.45) is 0 Å². The molecule has 29 heavy (non-hydrogen) atoms. The summed E-state index contributed by atoms with van der Waals surface area (Å²) in [5.74, 6) is -0.683. The maximum absolute atomic E-state index is 13.1. The van der Waals surface area contributed by atoms with E-state index in [0.29, 0.717) is 34.1 Å². The number of carboxylic acids is 1. The Morgan fingerprint density at radius 3 is 2.00 bits per heavy atom. The van der Waals surface area contributed by atoms with Gasteiger partial charge in [0.05, 0.1) is 34.5 Å². The summed E-state index contributed by atoms with van der Waals surface area (Å²) in [6.45, 7) is 0. The number of amides is 1. The van der Waals surface area contributed by atoms with E-state index >= 15 is 0 Å². The van der Waals surface area contributed by atoms with Crippen LogP contribution in [0.15, 0.2) is 30.3 Å². The van der Waals surface area contributed by atoms with Crippen LogP contribution in [0.3, 0.4) is 0 Å². The number of rotatable bonds is 6. The summed E-state index contributed by atoms with van der Waals surface area (Å²) in [6, 6.07) is 7.45. The molecule has 3 rings (SSSR count). The SMILES string of the molecule is COc1ccc([C@H]2[C@H](C(=O)O)c3cc(OC)c(OC)cc3C(=O)N2C)cc1OC. The minimum absolute atomic E-state index is 0.272. The first-order valence-corrected chi connectivity index (χ1v) is 8.85. The first-order chi connectivity index (χ1) is 13.9. The van der Waals surface area contributed by atoms with Gasteiger partial charge in [-0.25, -0.2) is 0 Å². The molecule has 0 saturated heterocycles. The molecule has 1 heterocycles.